The highest BCUT2D eigenvalue weighted by atomic mass is 35.7. The Morgan fingerprint density at radius 1 is 1.11 bits per heavy atom. The van der Waals surface area contributed by atoms with Gasteiger partial charge in [0.05, 0.1) is 29.0 Å². The highest BCUT2D eigenvalue weighted by Gasteiger charge is 2.59. The molecule has 7 heteroatoms. The summed E-state index contributed by atoms with van der Waals surface area (Å²) < 4.78 is 40.1. The molecule has 1 aliphatic heterocycles. The minimum atomic E-state index is -4.69. The summed E-state index contributed by atoms with van der Waals surface area (Å²) >= 11 is 0. The third-order valence-corrected chi connectivity index (χ3v) is 3.73. The zero-order valence-electron chi connectivity index (χ0n) is 11.4. The minimum absolute atomic E-state index is 0.0772. The molecular weight excluding hydrogens is 262 g/mol. The first-order valence-electron chi connectivity index (χ1n) is 6.04. The fourth-order valence-electron chi connectivity index (χ4n) is 3.40. The molecular formula is C11H23ClNO5+. The van der Waals surface area contributed by atoms with Crippen LogP contribution in [-0.4, -0.2) is 41.1 Å². The number of halogens is 1. The summed E-state index contributed by atoms with van der Waals surface area (Å²) in [6.45, 7) is 5.59. The summed E-state index contributed by atoms with van der Waals surface area (Å²) in [5, 5.41) is 0. The van der Waals surface area contributed by atoms with Crippen molar-refractivity contribution < 1.29 is 38.1 Å². The van der Waals surface area contributed by atoms with Crippen LogP contribution in [0.5, 0.6) is 0 Å². The summed E-state index contributed by atoms with van der Waals surface area (Å²) in [5.41, 5.74) is 0.233. The van der Waals surface area contributed by atoms with Gasteiger partial charge in [-0.2, -0.15) is 14.0 Å². The highest BCUT2D eigenvalue weighted by molar-refractivity contribution is 4.88. The van der Waals surface area contributed by atoms with Gasteiger partial charge < -0.3 is 4.74 Å². The van der Waals surface area contributed by atoms with Crippen LogP contribution in [0.2, 0.25) is 0 Å². The van der Waals surface area contributed by atoms with Crippen molar-refractivity contribution >= 4 is 0 Å². The molecule has 0 bridgehead atoms. The first-order chi connectivity index (χ1) is 7.87. The molecule has 0 unspecified atom stereocenters. The van der Waals surface area contributed by atoms with Crippen LogP contribution in [0.3, 0.4) is 0 Å². The Bertz CT molecular complexity index is 288. The molecule has 0 aromatic carbocycles. The van der Waals surface area contributed by atoms with Gasteiger partial charge in [-0.05, 0) is 26.7 Å². The molecule has 2 aliphatic rings. The first kappa shape index (κ1) is 16.1. The third-order valence-electron chi connectivity index (χ3n) is 3.73. The van der Waals surface area contributed by atoms with Gasteiger partial charge >= 0.3 is 0 Å². The lowest BCUT2D eigenvalue weighted by atomic mass is 10.1. The van der Waals surface area contributed by atoms with Gasteiger partial charge in [-0.1, -0.05) is 0 Å². The lowest BCUT2D eigenvalue weighted by molar-refractivity contribution is -1.92. The Kier molecular flexibility index (Phi) is 4.35. The second-order valence-corrected chi connectivity index (χ2v) is 7.05. The Balaban J connectivity index is 0.000000280. The van der Waals surface area contributed by atoms with Gasteiger partial charge in [0.25, 0.3) is 0 Å². The number of quaternary nitrogens is 1. The van der Waals surface area contributed by atoms with Crippen molar-refractivity contribution in [1.82, 2.24) is 0 Å². The van der Waals surface area contributed by atoms with E-state index in [4.69, 9.17) is 23.4 Å². The van der Waals surface area contributed by atoms with E-state index in [0.29, 0.717) is 0 Å². The highest BCUT2D eigenvalue weighted by Crippen LogP contribution is 2.47. The molecule has 108 valence electrons. The fraction of sp³-hybridized carbons (Fsp3) is 1.00. The van der Waals surface area contributed by atoms with E-state index >= 15 is 0 Å². The molecule has 2 fully saturated rings. The van der Waals surface area contributed by atoms with Crippen molar-refractivity contribution in [2.45, 2.75) is 50.9 Å². The summed E-state index contributed by atoms with van der Waals surface area (Å²) in [6, 6.07) is 0. The predicted octanol–water partition coefficient (Wildman–Crippen LogP) is -1.98. The van der Waals surface area contributed by atoms with Crippen molar-refractivity contribution in [3.63, 3.8) is 0 Å². The van der Waals surface area contributed by atoms with Gasteiger partial charge in [0.1, 0.15) is 12.1 Å². The molecule has 1 N–H and O–H groups in total. The SMILES string of the molecule is CC1(C)C[N+](C)(C)C2(CCCC2)O1.[O-][Cl+3]([O-])([O-])O. The van der Waals surface area contributed by atoms with E-state index in [2.05, 4.69) is 27.9 Å². The van der Waals surface area contributed by atoms with Crippen molar-refractivity contribution in [2.24, 2.45) is 0 Å². The van der Waals surface area contributed by atoms with Crippen molar-refractivity contribution in [2.75, 3.05) is 20.6 Å². The normalized spacial score (nSPS) is 28.0. The molecule has 2 rings (SSSR count). The fourth-order valence-corrected chi connectivity index (χ4v) is 3.40. The zero-order chi connectivity index (χ0) is 14.2. The molecule has 6 nitrogen and oxygen atoms in total. The zero-order valence-corrected chi connectivity index (χ0v) is 12.2. The van der Waals surface area contributed by atoms with Gasteiger partial charge in [0.15, 0.2) is 0 Å². The van der Waals surface area contributed by atoms with Crippen LogP contribution in [0.15, 0.2) is 0 Å². The number of ether oxygens (including phenoxy) is 1. The molecule has 0 radical (unpaired) electrons. The summed E-state index contributed by atoms with van der Waals surface area (Å²) in [7, 11) is -0.0554. The minimum Gasteiger partial charge on any atom is -0.315 e. The van der Waals surface area contributed by atoms with Crippen molar-refractivity contribution in [1.29, 1.82) is 0 Å². The molecule has 0 aromatic heterocycles. The maximum absolute atomic E-state index is 8.60. The average Bonchev–Trinajstić information content (AvgIpc) is 2.52. The van der Waals surface area contributed by atoms with E-state index in [1.807, 2.05) is 0 Å². The second kappa shape index (κ2) is 4.86. The van der Waals surface area contributed by atoms with E-state index in [0.717, 1.165) is 11.0 Å². The molecule has 0 amide bonds. The summed E-state index contributed by atoms with van der Waals surface area (Å²) in [4.78, 5) is 0. The largest absolute Gasteiger partial charge is 0.315 e. The number of hydrogen-bond donors (Lipinski definition) is 1. The standard InChI is InChI=1S/C11H22NO.ClHO4/c1-10(2)9-12(3,4)11(13-10)7-5-6-8-11;2-1(3,4)5/h5-9H2,1-4H3;(H,2,3,4,5)/q+1;. The van der Waals surface area contributed by atoms with Gasteiger partial charge in [0, 0.05) is 12.8 Å². The van der Waals surface area contributed by atoms with Crippen LogP contribution in [-0.2, 0) is 4.74 Å². The van der Waals surface area contributed by atoms with Crippen LogP contribution in [0.1, 0.15) is 39.5 Å². The lowest BCUT2D eigenvalue weighted by Gasteiger charge is -2.38. The number of nitrogens with zero attached hydrogens (tertiary/aromatic N) is 1. The maximum Gasteiger partial charge on any atom is 0.203 e. The summed E-state index contributed by atoms with van der Waals surface area (Å²) in [6.07, 6.45) is 5.20. The predicted molar refractivity (Wildman–Crippen MR) is 55.6 cm³/mol. The van der Waals surface area contributed by atoms with Crippen LogP contribution >= 0.6 is 0 Å². The molecule has 0 aromatic rings. The Morgan fingerprint density at radius 2 is 1.50 bits per heavy atom. The number of likely N-dealkylation sites (N-methyl/N-ethyl adjacent to an activating group) is 1. The van der Waals surface area contributed by atoms with Crippen molar-refractivity contribution in [3.8, 4) is 0 Å². The Labute approximate surface area is 110 Å². The van der Waals surface area contributed by atoms with Gasteiger partial charge in [-0.3, -0.25) is 4.48 Å². The number of rotatable bonds is 0. The second-order valence-electron chi connectivity index (χ2n) is 6.25. The molecule has 1 heterocycles. The Hall–Kier alpha value is 0.0500. The number of hydrogen-bond acceptors (Lipinski definition) is 5. The molecule has 18 heavy (non-hydrogen) atoms. The Morgan fingerprint density at radius 3 is 1.78 bits per heavy atom. The maximum atomic E-state index is 8.60. The average molecular weight is 285 g/mol. The van der Waals surface area contributed by atoms with E-state index in [9.17, 15) is 0 Å². The summed E-state index contributed by atoms with van der Waals surface area (Å²) in [5.74, 6) is 0. The lowest BCUT2D eigenvalue weighted by Crippen LogP contribution is -2.58. The molecule has 1 spiro atoms. The topological polar surface area (TPSA) is 98.6 Å². The quantitative estimate of drug-likeness (QED) is 0.520. The van der Waals surface area contributed by atoms with Crippen LogP contribution in [0.25, 0.3) is 0 Å². The van der Waals surface area contributed by atoms with Gasteiger partial charge in [-0.25, -0.2) is 0 Å². The van der Waals surface area contributed by atoms with Crippen LogP contribution < -0.4 is 14.0 Å². The third kappa shape index (κ3) is 4.03. The van der Waals surface area contributed by atoms with Crippen molar-refractivity contribution in [3.05, 3.63) is 0 Å². The van der Waals surface area contributed by atoms with E-state index < -0.39 is 10.2 Å². The van der Waals surface area contributed by atoms with Crippen LogP contribution in [0, 0.1) is 10.2 Å². The monoisotopic (exact) mass is 284 g/mol. The van der Waals surface area contributed by atoms with E-state index in [1.165, 1.54) is 25.7 Å². The molecule has 1 saturated carbocycles. The van der Waals surface area contributed by atoms with E-state index in [1.54, 1.807) is 0 Å². The molecule has 0 atom stereocenters. The van der Waals surface area contributed by atoms with Crippen LogP contribution in [0.4, 0.5) is 0 Å². The van der Waals surface area contributed by atoms with Gasteiger partial charge in [-0.15, -0.1) is 0 Å². The molecule has 1 aliphatic carbocycles. The first-order valence-corrected chi connectivity index (χ1v) is 7.30. The van der Waals surface area contributed by atoms with Gasteiger partial charge in [0.2, 0.25) is 5.72 Å². The molecule has 1 saturated heterocycles. The smallest absolute Gasteiger partial charge is 0.203 e. The van der Waals surface area contributed by atoms with E-state index in [-0.39, 0.29) is 11.3 Å².